The van der Waals surface area contributed by atoms with Gasteiger partial charge < -0.3 is 15.0 Å². The molecule has 12 heteroatoms. The predicted molar refractivity (Wildman–Crippen MR) is 120 cm³/mol. The average Bonchev–Trinajstić information content (AvgIpc) is 3.18. The largest absolute Gasteiger partial charge is 0.416 e. The maximum absolute atomic E-state index is 13.6. The summed E-state index contributed by atoms with van der Waals surface area (Å²) in [5.74, 6) is 0. The van der Waals surface area contributed by atoms with Crippen molar-refractivity contribution in [2.75, 3.05) is 39.4 Å². The Kier molecular flexibility index (Phi) is 7.09. The van der Waals surface area contributed by atoms with Gasteiger partial charge >= 0.3 is 12.2 Å². The summed E-state index contributed by atoms with van der Waals surface area (Å²) in [6, 6.07) is 9.71. The van der Waals surface area contributed by atoms with Gasteiger partial charge in [0.15, 0.2) is 0 Å². The molecule has 2 atom stereocenters. The van der Waals surface area contributed by atoms with Gasteiger partial charge in [0.1, 0.15) is 5.25 Å². The van der Waals surface area contributed by atoms with E-state index in [2.05, 4.69) is 5.32 Å². The van der Waals surface area contributed by atoms with Crippen LogP contribution in [0.4, 0.5) is 18.0 Å². The standard InChI is InChI=1S/C22H23ClF3N3O4S/c23-18-6-4-15(5-7-18)20(34(31,32)28-8-10-33-11-9-28)14-29-19(13-27-21(29)30)16-2-1-3-17(12-16)22(24,25)26/h1-7,12,19-20H,8-11,13-14H2,(H,27,30)/t19-,20?/m1/s1. The second kappa shape index (κ2) is 9.73. The Morgan fingerprint density at radius 2 is 1.79 bits per heavy atom. The van der Waals surface area contributed by atoms with Crippen molar-refractivity contribution in [3.63, 3.8) is 0 Å². The van der Waals surface area contributed by atoms with Crippen LogP contribution >= 0.6 is 11.6 Å². The highest BCUT2D eigenvalue weighted by Crippen LogP contribution is 2.36. The summed E-state index contributed by atoms with van der Waals surface area (Å²) >= 11 is 5.98. The molecular weight excluding hydrogens is 495 g/mol. The van der Waals surface area contributed by atoms with Gasteiger partial charge in [0.05, 0.1) is 24.8 Å². The number of alkyl halides is 3. The highest BCUT2D eigenvalue weighted by Gasteiger charge is 2.41. The zero-order chi connectivity index (χ0) is 24.5. The van der Waals surface area contributed by atoms with Gasteiger partial charge in [-0.05, 0) is 35.4 Å². The fourth-order valence-electron chi connectivity index (χ4n) is 4.18. The number of halogens is 4. The molecular formula is C22H23ClF3N3O4S. The van der Waals surface area contributed by atoms with E-state index in [1.54, 1.807) is 24.3 Å². The van der Waals surface area contributed by atoms with E-state index in [0.717, 1.165) is 12.1 Å². The van der Waals surface area contributed by atoms with Gasteiger partial charge in [-0.3, -0.25) is 0 Å². The van der Waals surface area contributed by atoms with Gasteiger partial charge in [-0.1, -0.05) is 35.9 Å². The predicted octanol–water partition coefficient (Wildman–Crippen LogP) is 3.83. The number of amides is 2. The van der Waals surface area contributed by atoms with Crippen molar-refractivity contribution >= 4 is 27.7 Å². The number of benzene rings is 2. The minimum Gasteiger partial charge on any atom is -0.379 e. The van der Waals surface area contributed by atoms with Crippen LogP contribution in [0.25, 0.3) is 0 Å². The van der Waals surface area contributed by atoms with Gasteiger partial charge in [-0.25, -0.2) is 13.2 Å². The molecule has 2 aromatic carbocycles. The van der Waals surface area contributed by atoms with Gasteiger partial charge in [0.25, 0.3) is 0 Å². The van der Waals surface area contributed by atoms with E-state index < -0.39 is 39.1 Å². The van der Waals surface area contributed by atoms with E-state index in [9.17, 15) is 26.4 Å². The van der Waals surface area contributed by atoms with Crippen molar-refractivity contribution in [2.45, 2.75) is 17.5 Å². The van der Waals surface area contributed by atoms with Crippen LogP contribution in [-0.4, -0.2) is 63.0 Å². The molecule has 1 unspecified atom stereocenters. The molecule has 2 heterocycles. The van der Waals surface area contributed by atoms with Crippen molar-refractivity contribution in [2.24, 2.45) is 0 Å². The monoisotopic (exact) mass is 517 g/mol. The highest BCUT2D eigenvalue weighted by atomic mass is 35.5. The zero-order valence-corrected chi connectivity index (χ0v) is 19.5. The second-order valence-electron chi connectivity index (χ2n) is 8.07. The number of carbonyl (C=O) groups excluding carboxylic acids is 1. The molecule has 0 bridgehead atoms. The van der Waals surface area contributed by atoms with Crippen LogP contribution in [0.5, 0.6) is 0 Å². The molecule has 0 radical (unpaired) electrons. The first-order valence-corrected chi connectivity index (χ1v) is 12.5. The lowest BCUT2D eigenvalue weighted by Gasteiger charge is -2.33. The minimum atomic E-state index is -4.54. The van der Waals surface area contributed by atoms with E-state index in [1.807, 2.05) is 0 Å². The Morgan fingerprint density at radius 3 is 2.44 bits per heavy atom. The molecule has 0 saturated carbocycles. The summed E-state index contributed by atoms with van der Waals surface area (Å²) < 4.78 is 73.6. The Morgan fingerprint density at radius 1 is 1.12 bits per heavy atom. The summed E-state index contributed by atoms with van der Waals surface area (Å²) in [5, 5.41) is 1.91. The number of morpholine rings is 1. The van der Waals surface area contributed by atoms with Crippen molar-refractivity contribution in [3.05, 3.63) is 70.2 Å². The summed E-state index contributed by atoms with van der Waals surface area (Å²) in [7, 11) is -3.93. The molecule has 0 spiro atoms. The van der Waals surface area contributed by atoms with Crippen LogP contribution in [0, 0.1) is 0 Å². The number of nitrogens with zero attached hydrogens (tertiary/aromatic N) is 2. The zero-order valence-electron chi connectivity index (χ0n) is 18.0. The lowest BCUT2D eigenvalue weighted by molar-refractivity contribution is -0.137. The molecule has 2 aliphatic rings. The van der Waals surface area contributed by atoms with Gasteiger partial charge in [-0.15, -0.1) is 0 Å². The first-order chi connectivity index (χ1) is 16.1. The van der Waals surface area contributed by atoms with Gasteiger partial charge in [0, 0.05) is 31.2 Å². The first kappa shape index (κ1) is 24.8. The van der Waals surface area contributed by atoms with Crippen molar-refractivity contribution in [3.8, 4) is 0 Å². The van der Waals surface area contributed by atoms with Crippen molar-refractivity contribution in [1.82, 2.24) is 14.5 Å². The van der Waals surface area contributed by atoms with Gasteiger partial charge in [-0.2, -0.15) is 17.5 Å². The second-order valence-corrected chi connectivity index (χ2v) is 10.6. The third-order valence-electron chi connectivity index (χ3n) is 5.98. The van der Waals surface area contributed by atoms with E-state index >= 15 is 0 Å². The Hall–Kier alpha value is -2.34. The number of nitrogens with one attached hydrogen (secondary N) is 1. The van der Waals surface area contributed by atoms with E-state index in [4.69, 9.17) is 16.3 Å². The molecule has 2 aromatic rings. The van der Waals surface area contributed by atoms with Crippen molar-refractivity contribution in [1.29, 1.82) is 0 Å². The molecule has 2 aliphatic heterocycles. The quantitative estimate of drug-likeness (QED) is 0.632. The molecule has 34 heavy (non-hydrogen) atoms. The molecule has 2 amide bonds. The van der Waals surface area contributed by atoms with Crippen LogP contribution in [-0.2, 0) is 20.9 Å². The summed E-state index contributed by atoms with van der Waals surface area (Å²) in [5.41, 5.74) is -0.135. The highest BCUT2D eigenvalue weighted by molar-refractivity contribution is 7.89. The number of hydrogen-bond donors (Lipinski definition) is 1. The third kappa shape index (κ3) is 5.17. The molecule has 0 aliphatic carbocycles. The number of sulfonamides is 1. The number of ether oxygens (including phenoxy) is 1. The Bertz CT molecular complexity index is 1140. The van der Waals surface area contributed by atoms with Crippen LogP contribution < -0.4 is 5.32 Å². The number of urea groups is 1. The van der Waals surface area contributed by atoms with Crippen LogP contribution in [0.1, 0.15) is 28.0 Å². The number of carbonyl (C=O) groups is 1. The normalized spacial score (nSPS) is 20.9. The van der Waals surface area contributed by atoms with E-state index in [0.29, 0.717) is 10.6 Å². The molecule has 7 nitrogen and oxygen atoms in total. The summed E-state index contributed by atoms with van der Waals surface area (Å²) in [4.78, 5) is 14.0. The van der Waals surface area contributed by atoms with E-state index in [-0.39, 0.29) is 45.0 Å². The fourth-order valence-corrected chi connectivity index (χ4v) is 6.17. The summed E-state index contributed by atoms with van der Waals surface area (Å²) in [6.45, 7) is 0.678. The lowest BCUT2D eigenvalue weighted by Crippen LogP contribution is -2.46. The molecule has 1 N–H and O–H groups in total. The molecule has 2 saturated heterocycles. The van der Waals surface area contributed by atoms with Crippen LogP contribution in [0.2, 0.25) is 5.02 Å². The SMILES string of the molecule is O=C1NC[C@H](c2cccc(C(F)(F)F)c2)N1CC(c1ccc(Cl)cc1)S(=O)(=O)N1CCOCC1. The number of hydrogen-bond acceptors (Lipinski definition) is 4. The maximum Gasteiger partial charge on any atom is 0.416 e. The van der Waals surface area contributed by atoms with Crippen LogP contribution in [0.15, 0.2) is 48.5 Å². The summed E-state index contributed by atoms with van der Waals surface area (Å²) in [6.07, 6.45) is -4.54. The third-order valence-corrected chi connectivity index (χ3v) is 8.45. The molecule has 184 valence electrons. The minimum absolute atomic E-state index is 0.0606. The molecule has 4 rings (SSSR count). The first-order valence-electron chi connectivity index (χ1n) is 10.6. The Balaban J connectivity index is 1.69. The average molecular weight is 518 g/mol. The lowest BCUT2D eigenvalue weighted by atomic mass is 10.0. The van der Waals surface area contributed by atoms with E-state index in [1.165, 1.54) is 21.3 Å². The van der Waals surface area contributed by atoms with Gasteiger partial charge in [0.2, 0.25) is 10.0 Å². The smallest absolute Gasteiger partial charge is 0.379 e. The molecule has 2 fully saturated rings. The fraction of sp³-hybridized carbons (Fsp3) is 0.409. The topological polar surface area (TPSA) is 79.0 Å². The Labute approximate surface area is 200 Å². The van der Waals surface area contributed by atoms with Crippen molar-refractivity contribution < 1.29 is 31.1 Å². The maximum atomic E-state index is 13.6. The number of rotatable bonds is 6. The molecule has 0 aromatic heterocycles. The van der Waals surface area contributed by atoms with Crippen LogP contribution in [0.3, 0.4) is 0 Å².